The third kappa shape index (κ3) is 2.15. The summed E-state index contributed by atoms with van der Waals surface area (Å²) in [5.74, 6) is 3.40. The minimum absolute atomic E-state index is 0.428. The van der Waals surface area contributed by atoms with Gasteiger partial charge in [-0.2, -0.15) is 0 Å². The van der Waals surface area contributed by atoms with Crippen LogP contribution in [0.25, 0.3) is 0 Å². The van der Waals surface area contributed by atoms with Gasteiger partial charge in [0, 0.05) is 37.3 Å². The molecule has 0 bridgehead atoms. The monoisotopic (exact) mass is 272 g/mol. The van der Waals surface area contributed by atoms with E-state index in [2.05, 4.69) is 32.0 Å². The van der Waals surface area contributed by atoms with E-state index in [1.54, 1.807) is 6.33 Å². The van der Waals surface area contributed by atoms with Crippen LogP contribution in [0.15, 0.2) is 6.33 Å². The minimum Gasteiger partial charge on any atom is -0.356 e. The van der Waals surface area contributed by atoms with E-state index in [-0.39, 0.29) is 0 Å². The average Bonchev–Trinajstić information content (AvgIpc) is 3.02. The zero-order chi connectivity index (χ0) is 14.3. The van der Waals surface area contributed by atoms with Gasteiger partial charge in [-0.05, 0) is 27.2 Å². The van der Waals surface area contributed by atoms with Crippen LogP contribution >= 0.6 is 0 Å². The number of nitrogens with zero attached hydrogens (tertiary/aromatic N) is 6. The van der Waals surface area contributed by atoms with Crippen molar-refractivity contribution in [2.75, 3.05) is 18.0 Å². The van der Waals surface area contributed by atoms with Crippen LogP contribution in [0.2, 0.25) is 0 Å². The summed E-state index contributed by atoms with van der Waals surface area (Å²) in [6, 6.07) is 0. The van der Waals surface area contributed by atoms with Gasteiger partial charge in [0.25, 0.3) is 0 Å². The lowest BCUT2D eigenvalue weighted by Gasteiger charge is -2.20. The van der Waals surface area contributed by atoms with Gasteiger partial charge in [-0.1, -0.05) is 0 Å². The highest BCUT2D eigenvalue weighted by Crippen LogP contribution is 2.30. The van der Waals surface area contributed by atoms with Gasteiger partial charge in [0.15, 0.2) is 0 Å². The Morgan fingerprint density at radius 1 is 1.20 bits per heavy atom. The molecule has 3 rings (SSSR count). The van der Waals surface area contributed by atoms with Crippen molar-refractivity contribution in [3.63, 3.8) is 0 Å². The molecule has 3 heterocycles. The van der Waals surface area contributed by atoms with E-state index in [0.29, 0.717) is 5.92 Å². The molecule has 106 valence electrons. The van der Waals surface area contributed by atoms with E-state index in [4.69, 9.17) is 0 Å². The van der Waals surface area contributed by atoms with Gasteiger partial charge in [-0.25, -0.2) is 9.97 Å². The summed E-state index contributed by atoms with van der Waals surface area (Å²) in [5, 5.41) is 8.22. The van der Waals surface area contributed by atoms with Gasteiger partial charge in [-0.3, -0.25) is 0 Å². The van der Waals surface area contributed by atoms with Crippen molar-refractivity contribution in [3.05, 3.63) is 29.2 Å². The minimum atomic E-state index is 0.428. The molecule has 2 aromatic rings. The van der Waals surface area contributed by atoms with Crippen LogP contribution in [-0.4, -0.2) is 37.8 Å². The SMILES string of the molecule is Cc1nc(C)c(C)c(N2CCC(c3nncn3C)C2)n1. The Kier molecular flexibility index (Phi) is 3.16. The van der Waals surface area contributed by atoms with Crippen LogP contribution in [0.1, 0.15) is 35.2 Å². The zero-order valence-electron chi connectivity index (χ0n) is 12.5. The lowest BCUT2D eigenvalue weighted by molar-refractivity contribution is 0.662. The number of aryl methyl sites for hydroxylation is 3. The molecule has 1 aliphatic rings. The maximum atomic E-state index is 4.63. The fourth-order valence-corrected chi connectivity index (χ4v) is 2.88. The highest BCUT2D eigenvalue weighted by atomic mass is 15.3. The summed E-state index contributed by atoms with van der Waals surface area (Å²) in [4.78, 5) is 11.4. The van der Waals surface area contributed by atoms with Crippen molar-refractivity contribution >= 4 is 5.82 Å². The van der Waals surface area contributed by atoms with Crippen molar-refractivity contribution in [1.82, 2.24) is 24.7 Å². The van der Waals surface area contributed by atoms with Gasteiger partial charge in [0.1, 0.15) is 23.8 Å². The molecule has 1 fully saturated rings. The second kappa shape index (κ2) is 4.85. The second-order valence-corrected chi connectivity index (χ2v) is 5.54. The zero-order valence-corrected chi connectivity index (χ0v) is 12.5. The molecule has 0 spiro atoms. The molecule has 1 saturated heterocycles. The lowest BCUT2D eigenvalue weighted by atomic mass is 10.1. The summed E-state index contributed by atoms with van der Waals surface area (Å²) < 4.78 is 2.01. The van der Waals surface area contributed by atoms with Crippen LogP contribution < -0.4 is 4.90 Å². The molecule has 20 heavy (non-hydrogen) atoms. The molecule has 0 amide bonds. The first-order chi connectivity index (χ1) is 9.56. The molecular weight excluding hydrogens is 252 g/mol. The van der Waals surface area contributed by atoms with Crippen LogP contribution in [0, 0.1) is 20.8 Å². The molecule has 1 aliphatic heterocycles. The maximum absolute atomic E-state index is 4.63. The van der Waals surface area contributed by atoms with Gasteiger partial charge in [0.2, 0.25) is 0 Å². The Labute approximate surface area is 118 Å². The highest BCUT2D eigenvalue weighted by molar-refractivity contribution is 5.49. The molecule has 6 heteroatoms. The molecular formula is C14H20N6. The van der Waals surface area contributed by atoms with E-state index in [9.17, 15) is 0 Å². The fourth-order valence-electron chi connectivity index (χ4n) is 2.88. The third-order valence-corrected chi connectivity index (χ3v) is 4.07. The standard InChI is InChI=1S/C14H20N6/c1-9-10(2)16-11(3)17-13(9)20-6-5-12(7-20)14-18-15-8-19(14)4/h8,12H,5-7H2,1-4H3. The predicted octanol–water partition coefficient (Wildman–Crippen LogP) is 1.52. The Morgan fingerprint density at radius 3 is 2.70 bits per heavy atom. The summed E-state index contributed by atoms with van der Waals surface area (Å²) in [6.45, 7) is 8.05. The molecule has 0 aromatic carbocycles. The Morgan fingerprint density at radius 2 is 2.00 bits per heavy atom. The van der Waals surface area contributed by atoms with E-state index >= 15 is 0 Å². The maximum Gasteiger partial charge on any atom is 0.137 e. The smallest absolute Gasteiger partial charge is 0.137 e. The molecule has 6 nitrogen and oxygen atoms in total. The second-order valence-electron chi connectivity index (χ2n) is 5.54. The van der Waals surface area contributed by atoms with Gasteiger partial charge in [0.05, 0.1) is 0 Å². The van der Waals surface area contributed by atoms with Gasteiger partial charge in [-0.15, -0.1) is 10.2 Å². The quantitative estimate of drug-likeness (QED) is 0.829. The number of rotatable bonds is 2. The summed E-state index contributed by atoms with van der Waals surface area (Å²) in [6.07, 6.45) is 2.86. The number of hydrogen-bond donors (Lipinski definition) is 0. The van der Waals surface area contributed by atoms with Crippen LogP contribution in [-0.2, 0) is 7.05 Å². The van der Waals surface area contributed by atoms with Crippen molar-refractivity contribution in [3.8, 4) is 0 Å². The van der Waals surface area contributed by atoms with E-state index < -0.39 is 0 Å². The summed E-state index contributed by atoms with van der Waals surface area (Å²) in [7, 11) is 2.00. The van der Waals surface area contributed by atoms with E-state index in [0.717, 1.165) is 42.7 Å². The van der Waals surface area contributed by atoms with Crippen molar-refractivity contribution in [2.45, 2.75) is 33.1 Å². The van der Waals surface area contributed by atoms with Crippen LogP contribution in [0.3, 0.4) is 0 Å². The molecule has 2 aromatic heterocycles. The Bertz CT molecular complexity index is 633. The van der Waals surface area contributed by atoms with E-state index in [1.165, 1.54) is 5.56 Å². The number of hydrogen-bond acceptors (Lipinski definition) is 5. The van der Waals surface area contributed by atoms with Crippen molar-refractivity contribution in [2.24, 2.45) is 7.05 Å². The average molecular weight is 272 g/mol. The Hall–Kier alpha value is -1.98. The molecule has 0 saturated carbocycles. The molecule has 0 aliphatic carbocycles. The highest BCUT2D eigenvalue weighted by Gasteiger charge is 2.29. The summed E-state index contributed by atoms with van der Waals surface area (Å²) >= 11 is 0. The summed E-state index contributed by atoms with van der Waals surface area (Å²) in [5.41, 5.74) is 2.24. The van der Waals surface area contributed by atoms with Crippen molar-refractivity contribution < 1.29 is 0 Å². The lowest BCUT2D eigenvalue weighted by Crippen LogP contribution is -2.23. The third-order valence-electron chi connectivity index (χ3n) is 4.07. The number of aromatic nitrogens is 5. The topological polar surface area (TPSA) is 59.7 Å². The molecule has 1 unspecified atom stereocenters. The van der Waals surface area contributed by atoms with Crippen LogP contribution in [0.4, 0.5) is 5.82 Å². The Balaban J connectivity index is 1.86. The van der Waals surface area contributed by atoms with Crippen LogP contribution in [0.5, 0.6) is 0 Å². The van der Waals surface area contributed by atoms with Gasteiger partial charge >= 0.3 is 0 Å². The van der Waals surface area contributed by atoms with E-state index in [1.807, 2.05) is 25.5 Å². The largest absolute Gasteiger partial charge is 0.356 e. The number of anilines is 1. The van der Waals surface area contributed by atoms with Crippen molar-refractivity contribution in [1.29, 1.82) is 0 Å². The first-order valence-electron chi connectivity index (χ1n) is 6.97. The fraction of sp³-hybridized carbons (Fsp3) is 0.571. The molecule has 1 atom stereocenters. The first-order valence-corrected chi connectivity index (χ1v) is 6.97. The molecule has 0 N–H and O–H groups in total. The van der Waals surface area contributed by atoms with Gasteiger partial charge < -0.3 is 9.47 Å². The predicted molar refractivity (Wildman–Crippen MR) is 76.8 cm³/mol. The molecule has 0 radical (unpaired) electrons. The normalized spacial score (nSPS) is 18.8. The first kappa shape index (κ1) is 13.0.